The summed E-state index contributed by atoms with van der Waals surface area (Å²) in [5.41, 5.74) is 3.06. The lowest BCUT2D eigenvalue weighted by atomic mass is 10.1. The van der Waals surface area contributed by atoms with E-state index in [2.05, 4.69) is 15.4 Å². The molecule has 1 saturated heterocycles. The van der Waals surface area contributed by atoms with Crippen LogP contribution in [0.2, 0.25) is 0 Å². The molecular weight excluding hydrogens is 142 g/mol. The molecule has 1 heterocycles. The van der Waals surface area contributed by atoms with Gasteiger partial charge in [0.2, 0.25) is 6.08 Å². The second kappa shape index (κ2) is 4.23. The Morgan fingerprint density at radius 2 is 2.18 bits per heavy atom. The fraction of sp³-hybridized carbons (Fsp3) is 0.857. The molecule has 0 spiro atoms. The maximum Gasteiger partial charge on any atom is 0.235 e. The molecule has 4 heteroatoms. The number of isocyanates is 1. The first-order valence-corrected chi connectivity index (χ1v) is 3.86. The summed E-state index contributed by atoms with van der Waals surface area (Å²) in [6.45, 7) is 1.93. The van der Waals surface area contributed by atoms with Gasteiger partial charge in [-0.15, -0.1) is 0 Å². The van der Waals surface area contributed by atoms with E-state index in [0.29, 0.717) is 0 Å². The van der Waals surface area contributed by atoms with Gasteiger partial charge in [-0.25, -0.2) is 14.8 Å². The van der Waals surface area contributed by atoms with Crippen molar-refractivity contribution in [3.05, 3.63) is 0 Å². The molecule has 0 aromatic heterocycles. The summed E-state index contributed by atoms with van der Waals surface area (Å²) in [7, 11) is 1.91. The van der Waals surface area contributed by atoms with E-state index in [1.54, 1.807) is 6.08 Å². The second-order valence-electron chi connectivity index (χ2n) is 2.66. The Kier molecular flexibility index (Phi) is 3.23. The minimum absolute atomic E-state index is 0.206. The van der Waals surface area contributed by atoms with Gasteiger partial charge >= 0.3 is 0 Å². The molecule has 1 N–H and O–H groups in total. The standard InChI is InChI=1S/C7H13N3O/c1-8-10-4-2-7(3-5-10)9-6-11/h7-8H,2-5H2,1H3. The van der Waals surface area contributed by atoms with Crippen LogP contribution in [0.15, 0.2) is 4.99 Å². The van der Waals surface area contributed by atoms with Gasteiger partial charge < -0.3 is 0 Å². The molecule has 62 valence electrons. The Morgan fingerprint density at radius 3 is 2.64 bits per heavy atom. The molecule has 0 bridgehead atoms. The van der Waals surface area contributed by atoms with Crippen molar-refractivity contribution < 1.29 is 4.79 Å². The van der Waals surface area contributed by atoms with Crippen LogP contribution < -0.4 is 5.43 Å². The molecule has 4 nitrogen and oxygen atoms in total. The SMILES string of the molecule is CNN1CCC(N=C=O)CC1. The van der Waals surface area contributed by atoms with E-state index in [9.17, 15) is 4.79 Å². The zero-order valence-corrected chi connectivity index (χ0v) is 6.71. The molecule has 1 aliphatic rings. The number of piperidine rings is 1. The van der Waals surface area contributed by atoms with Crippen LogP contribution in [-0.2, 0) is 4.79 Å². The van der Waals surface area contributed by atoms with Gasteiger partial charge in [0.15, 0.2) is 0 Å². The van der Waals surface area contributed by atoms with E-state index in [1.807, 2.05) is 7.05 Å². The maximum absolute atomic E-state index is 9.90. The summed E-state index contributed by atoms with van der Waals surface area (Å²) < 4.78 is 0. The van der Waals surface area contributed by atoms with Crippen molar-refractivity contribution in [1.29, 1.82) is 0 Å². The predicted octanol–water partition coefficient (Wildman–Crippen LogP) is -0.0790. The predicted molar refractivity (Wildman–Crippen MR) is 41.8 cm³/mol. The number of carbonyl (C=O) groups excluding carboxylic acids is 1. The molecule has 11 heavy (non-hydrogen) atoms. The summed E-state index contributed by atoms with van der Waals surface area (Å²) in [5, 5.41) is 2.12. The lowest BCUT2D eigenvalue weighted by molar-refractivity contribution is 0.160. The second-order valence-corrected chi connectivity index (χ2v) is 2.66. The number of rotatable bonds is 2. The third-order valence-corrected chi connectivity index (χ3v) is 2.02. The summed E-state index contributed by atoms with van der Waals surface area (Å²) in [6, 6.07) is 0.206. The Morgan fingerprint density at radius 1 is 1.55 bits per heavy atom. The smallest absolute Gasteiger partial charge is 0.235 e. The third kappa shape index (κ3) is 2.42. The van der Waals surface area contributed by atoms with Gasteiger partial charge in [0, 0.05) is 13.1 Å². The van der Waals surface area contributed by atoms with Crippen molar-refractivity contribution >= 4 is 6.08 Å². The lowest BCUT2D eigenvalue weighted by Crippen LogP contribution is -2.42. The summed E-state index contributed by atoms with van der Waals surface area (Å²) in [4.78, 5) is 13.6. The minimum atomic E-state index is 0.206. The first-order chi connectivity index (χ1) is 5.36. The monoisotopic (exact) mass is 155 g/mol. The highest BCUT2D eigenvalue weighted by atomic mass is 16.1. The first-order valence-electron chi connectivity index (χ1n) is 3.86. The summed E-state index contributed by atoms with van der Waals surface area (Å²) >= 11 is 0. The number of hydrogen-bond donors (Lipinski definition) is 1. The van der Waals surface area contributed by atoms with Crippen molar-refractivity contribution in [3.8, 4) is 0 Å². The first kappa shape index (κ1) is 8.40. The van der Waals surface area contributed by atoms with E-state index in [0.717, 1.165) is 25.9 Å². The molecule has 0 atom stereocenters. The average Bonchev–Trinajstić information content (AvgIpc) is 2.07. The molecule has 0 aliphatic carbocycles. The molecule has 0 saturated carbocycles. The van der Waals surface area contributed by atoms with Crippen LogP contribution in [0.25, 0.3) is 0 Å². The molecule has 0 aromatic rings. The molecule has 1 rings (SSSR count). The number of hydrogen-bond acceptors (Lipinski definition) is 4. The zero-order valence-electron chi connectivity index (χ0n) is 6.71. The van der Waals surface area contributed by atoms with Gasteiger partial charge in [-0.05, 0) is 19.9 Å². The van der Waals surface area contributed by atoms with Crippen LogP contribution in [-0.4, -0.2) is 37.3 Å². The van der Waals surface area contributed by atoms with E-state index >= 15 is 0 Å². The zero-order chi connectivity index (χ0) is 8.10. The Balaban J connectivity index is 2.29. The van der Waals surface area contributed by atoms with Gasteiger partial charge in [0.25, 0.3) is 0 Å². The highest BCUT2D eigenvalue weighted by Crippen LogP contribution is 2.10. The van der Waals surface area contributed by atoms with Crippen molar-refractivity contribution in [2.75, 3.05) is 20.1 Å². The van der Waals surface area contributed by atoms with E-state index < -0.39 is 0 Å². The van der Waals surface area contributed by atoms with Crippen molar-refractivity contribution in [1.82, 2.24) is 10.4 Å². The number of nitrogens with zero attached hydrogens (tertiary/aromatic N) is 2. The Labute approximate surface area is 66.3 Å². The van der Waals surface area contributed by atoms with E-state index in [-0.39, 0.29) is 6.04 Å². The highest BCUT2D eigenvalue weighted by Gasteiger charge is 2.16. The summed E-state index contributed by atoms with van der Waals surface area (Å²) in [5.74, 6) is 0. The van der Waals surface area contributed by atoms with Crippen LogP contribution in [0, 0.1) is 0 Å². The van der Waals surface area contributed by atoms with Crippen LogP contribution in [0.1, 0.15) is 12.8 Å². The van der Waals surface area contributed by atoms with Gasteiger partial charge in [-0.2, -0.15) is 0 Å². The number of nitrogens with one attached hydrogen (secondary N) is 1. The van der Waals surface area contributed by atoms with Crippen LogP contribution in [0.3, 0.4) is 0 Å². The summed E-state index contributed by atoms with van der Waals surface area (Å²) in [6.07, 6.45) is 3.52. The Hall–Kier alpha value is -0.700. The largest absolute Gasteiger partial charge is 0.258 e. The topological polar surface area (TPSA) is 44.7 Å². The fourth-order valence-electron chi connectivity index (χ4n) is 1.29. The van der Waals surface area contributed by atoms with Crippen LogP contribution in [0.4, 0.5) is 0 Å². The molecule has 0 radical (unpaired) electrons. The third-order valence-electron chi connectivity index (χ3n) is 2.02. The molecule has 1 aliphatic heterocycles. The molecular formula is C7H13N3O. The normalized spacial score (nSPS) is 21.2. The van der Waals surface area contributed by atoms with Gasteiger partial charge in [-0.1, -0.05) is 0 Å². The molecule has 1 fully saturated rings. The van der Waals surface area contributed by atoms with E-state index in [4.69, 9.17) is 0 Å². The van der Waals surface area contributed by atoms with Crippen LogP contribution in [0.5, 0.6) is 0 Å². The van der Waals surface area contributed by atoms with Crippen molar-refractivity contribution in [2.45, 2.75) is 18.9 Å². The highest BCUT2D eigenvalue weighted by molar-refractivity contribution is 5.33. The van der Waals surface area contributed by atoms with Crippen LogP contribution >= 0.6 is 0 Å². The molecule has 0 unspecified atom stereocenters. The maximum atomic E-state index is 9.90. The quantitative estimate of drug-likeness (QED) is 0.448. The van der Waals surface area contributed by atoms with E-state index in [1.165, 1.54) is 0 Å². The van der Waals surface area contributed by atoms with Gasteiger partial charge in [-0.3, -0.25) is 5.43 Å². The van der Waals surface area contributed by atoms with Crippen molar-refractivity contribution in [3.63, 3.8) is 0 Å². The van der Waals surface area contributed by atoms with Crippen molar-refractivity contribution in [2.24, 2.45) is 4.99 Å². The molecule has 0 amide bonds. The number of aliphatic imine (C=N–C) groups is 1. The average molecular weight is 155 g/mol. The fourth-order valence-corrected chi connectivity index (χ4v) is 1.29. The minimum Gasteiger partial charge on any atom is -0.258 e. The van der Waals surface area contributed by atoms with Gasteiger partial charge in [0.1, 0.15) is 0 Å². The molecule has 0 aromatic carbocycles. The Bertz CT molecular complexity index is 157. The lowest BCUT2D eigenvalue weighted by Gasteiger charge is -2.28. The number of hydrazine groups is 1. The van der Waals surface area contributed by atoms with Gasteiger partial charge in [0.05, 0.1) is 6.04 Å².